The standard InChI is InChI=1S/C13H12BrF3N2O/c1-2-3-19-12(8(14)6-18-19)13(20)11-9(16)4-7(15)5-10(11)17/h4-6,13,20H,2-3H2,1H3. The van der Waals surface area contributed by atoms with Crippen LogP contribution in [0.15, 0.2) is 22.8 Å². The van der Waals surface area contributed by atoms with Gasteiger partial charge in [-0.2, -0.15) is 5.10 Å². The van der Waals surface area contributed by atoms with Gasteiger partial charge in [0.15, 0.2) is 0 Å². The molecule has 1 aromatic carbocycles. The Hall–Kier alpha value is -1.34. The molecule has 0 aliphatic rings. The van der Waals surface area contributed by atoms with E-state index < -0.39 is 29.1 Å². The molecule has 1 unspecified atom stereocenters. The second-order valence-corrected chi connectivity index (χ2v) is 5.14. The zero-order chi connectivity index (χ0) is 14.9. The minimum Gasteiger partial charge on any atom is -0.382 e. The molecule has 3 nitrogen and oxygen atoms in total. The lowest BCUT2D eigenvalue weighted by atomic mass is 10.0. The molecule has 108 valence electrons. The van der Waals surface area contributed by atoms with Crippen LogP contribution in [0.1, 0.15) is 30.7 Å². The molecule has 1 heterocycles. The summed E-state index contributed by atoms with van der Waals surface area (Å²) in [6.45, 7) is 2.40. The summed E-state index contributed by atoms with van der Waals surface area (Å²) in [6.07, 6.45) is 0.606. The molecular formula is C13H12BrF3N2O. The van der Waals surface area contributed by atoms with E-state index in [-0.39, 0.29) is 5.69 Å². The fraction of sp³-hybridized carbons (Fsp3) is 0.308. The molecule has 0 aliphatic heterocycles. The lowest BCUT2D eigenvalue weighted by Gasteiger charge is -2.15. The van der Waals surface area contributed by atoms with Gasteiger partial charge in [0.25, 0.3) is 0 Å². The number of hydrogen-bond donors (Lipinski definition) is 1. The van der Waals surface area contributed by atoms with E-state index in [1.165, 1.54) is 10.9 Å². The first kappa shape index (κ1) is 15.1. The van der Waals surface area contributed by atoms with Crippen LogP contribution in [-0.2, 0) is 6.54 Å². The number of aliphatic hydroxyl groups is 1. The smallest absolute Gasteiger partial charge is 0.135 e. The van der Waals surface area contributed by atoms with Gasteiger partial charge >= 0.3 is 0 Å². The van der Waals surface area contributed by atoms with Gasteiger partial charge in [-0.15, -0.1) is 0 Å². The van der Waals surface area contributed by atoms with Crippen molar-refractivity contribution in [2.24, 2.45) is 0 Å². The first-order chi connectivity index (χ1) is 9.45. The van der Waals surface area contributed by atoms with Gasteiger partial charge in [-0.05, 0) is 22.4 Å². The Labute approximate surface area is 122 Å². The van der Waals surface area contributed by atoms with Crippen molar-refractivity contribution in [1.82, 2.24) is 9.78 Å². The highest BCUT2D eigenvalue weighted by Gasteiger charge is 2.26. The highest BCUT2D eigenvalue weighted by Crippen LogP contribution is 2.32. The predicted molar refractivity (Wildman–Crippen MR) is 70.6 cm³/mol. The molecule has 0 bridgehead atoms. The predicted octanol–water partition coefficient (Wildman–Crippen LogP) is 3.55. The van der Waals surface area contributed by atoms with Crippen LogP contribution in [0, 0.1) is 17.5 Å². The SMILES string of the molecule is CCCn1ncc(Br)c1C(O)c1c(F)cc(F)cc1F. The maximum atomic E-state index is 13.7. The molecule has 0 fully saturated rings. The van der Waals surface area contributed by atoms with Crippen molar-refractivity contribution in [3.63, 3.8) is 0 Å². The molecule has 0 aliphatic carbocycles. The summed E-state index contributed by atoms with van der Waals surface area (Å²) >= 11 is 3.19. The van der Waals surface area contributed by atoms with Crippen LogP contribution in [0.5, 0.6) is 0 Å². The number of aliphatic hydroxyl groups excluding tert-OH is 1. The minimum absolute atomic E-state index is 0.233. The molecule has 1 N–H and O–H groups in total. The summed E-state index contributed by atoms with van der Waals surface area (Å²) in [5, 5.41) is 14.2. The molecule has 0 amide bonds. The second-order valence-electron chi connectivity index (χ2n) is 4.29. The van der Waals surface area contributed by atoms with E-state index in [4.69, 9.17) is 0 Å². The number of rotatable bonds is 4. The van der Waals surface area contributed by atoms with Crippen molar-refractivity contribution < 1.29 is 18.3 Å². The zero-order valence-corrected chi connectivity index (χ0v) is 12.2. The van der Waals surface area contributed by atoms with Gasteiger partial charge < -0.3 is 5.11 Å². The van der Waals surface area contributed by atoms with Crippen LogP contribution in [0.4, 0.5) is 13.2 Å². The van der Waals surface area contributed by atoms with Crippen LogP contribution in [0.3, 0.4) is 0 Å². The molecule has 7 heteroatoms. The number of halogens is 4. The van der Waals surface area contributed by atoms with Crippen LogP contribution < -0.4 is 0 Å². The van der Waals surface area contributed by atoms with E-state index in [1.54, 1.807) is 0 Å². The molecular weight excluding hydrogens is 337 g/mol. The highest BCUT2D eigenvalue weighted by atomic mass is 79.9. The Morgan fingerprint density at radius 3 is 2.45 bits per heavy atom. The number of aryl methyl sites for hydroxylation is 1. The van der Waals surface area contributed by atoms with E-state index in [2.05, 4.69) is 21.0 Å². The summed E-state index contributed by atoms with van der Waals surface area (Å²) in [5.74, 6) is -3.30. The Morgan fingerprint density at radius 2 is 1.90 bits per heavy atom. The summed E-state index contributed by atoms with van der Waals surface area (Å²) in [6, 6.07) is 1.08. The zero-order valence-electron chi connectivity index (χ0n) is 10.6. The van der Waals surface area contributed by atoms with E-state index in [0.717, 1.165) is 6.42 Å². The summed E-state index contributed by atoms with van der Waals surface area (Å²) in [4.78, 5) is 0. The molecule has 0 saturated heterocycles. The van der Waals surface area contributed by atoms with Crippen molar-refractivity contribution in [1.29, 1.82) is 0 Å². The Kier molecular flexibility index (Phi) is 4.49. The van der Waals surface area contributed by atoms with E-state index in [1.807, 2.05) is 6.92 Å². The molecule has 0 radical (unpaired) electrons. The largest absolute Gasteiger partial charge is 0.382 e. The van der Waals surface area contributed by atoms with Crippen LogP contribution in [-0.4, -0.2) is 14.9 Å². The third kappa shape index (κ3) is 2.73. The average Bonchev–Trinajstić information content (AvgIpc) is 2.69. The quantitative estimate of drug-likeness (QED) is 0.917. The third-order valence-electron chi connectivity index (χ3n) is 2.84. The molecule has 1 aromatic heterocycles. The van der Waals surface area contributed by atoms with Crippen LogP contribution in [0.25, 0.3) is 0 Å². The maximum absolute atomic E-state index is 13.7. The lowest BCUT2D eigenvalue weighted by Crippen LogP contribution is -2.13. The number of benzene rings is 1. The molecule has 0 saturated carbocycles. The van der Waals surface area contributed by atoms with E-state index >= 15 is 0 Å². The van der Waals surface area contributed by atoms with Gasteiger partial charge in [0.1, 0.15) is 23.6 Å². The number of aromatic nitrogens is 2. The Morgan fingerprint density at radius 1 is 1.30 bits per heavy atom. The van der Waals surface area contributed by atoms with Gasteiger partial charge in [-0.1, -0.05) is 6.92 Å². The fourth-order valence-corrected chi connectivity index (χ4v) is 2.50. The molecule has 20 heavy (non-hydrogen) atoms. The number of nitrogens with zero attached hydrogens (tertiary/aromatic N) is 2. The fourth-order valence-electron chi connectivity index (χ4n) is 1.99. The minimum atomic E-state index is -1.57. The molecule has 1 atom stereocenters. The van der Waals surface area contributed by atoms with Crippen molar-refractivity contribution in [3.05, 3.63) is 51.5 Å². The molecule has 2 rings (SSSR count). The summed E-state index contributed by atoms with van der Waals surface area (Å²) < 4.78 is 42.2. The number of hydrogen-bond acceptors (Lipinski definition) is 2. The van der Waals surface area contributed by atoms with Crippen molar-refractivity contribution >= 4 is 15.9 Å². The van der Waals surface area contributed by atoms with Gasteiger partial charge in [-0.3, -0.25) is 4.68 Å². The normalized spacial score (nSPS) is 12.7. The lowest BCUT2D eigenvalue weighted by molar-refractivity contribution is 0.195. The molecule has 2 aromatic rings. The average molecular weight is 349 g/mol. The Balaban J connectivity index is 2.52. The van der Waals surface area contributed by atoms with Gasteiger partial charge in [0.2, 0.25) is 0 Å². The maximum Gasteiger partial charge on any atom is 0.135 e. The van der Waals surface area contributed by atoms with Crippen LogP contribution in [0.2, 0.25) is 0 Å². The van der Waals surface area contributed by atoms with E-state index in [9.17, 15) is 18.3 Å². The highest BCUT2D eigenvalue weighted by molar-refractivity contribution is 9.10. The topological polar surface area (TPSA) is 38.0 Å². The van der Waals surface area contributed by atoms with Gasteiger partial charge in [0, 0.05) is 18.7 Å². The van der Waals surface area contributed by atoms with E-state index in [0.29, 0.717) is 23.2 Å². The summed E-state index contributed by atoms with van der Waals surface area (Å²) in [7, 11) is 0. The third-order valence-corrected chi connectivity index (χ3v) is 3.46. The monoisotopic (exact) mass is 348 g/mol. The first-order valence-corrected chi connectivity index (χ1v) is 6.78. The van der Waals surface area contributed by atoms with Gasteiger partial charge in [0.05, 0.1) is 21.9 Å². The molecule has 0 spiro atoms. The van der Waals surface area contributed by atoms with Gasteiger partial charge in [-0.25, -0.2) is 13.2 Å². The second kappa shape index (κ2) is 5.97. The van der Waals surface area contributed by atoms with Crippen molar-refractivity contribution in [3.8, 4) is 0 Å². The summed E-state index contributed by atoms with van der Waals surface area (Å²) in [5.41, 5.74) is -0.360. The van der Waals surface area contributed by atoms with Crippen molar-refractivity contribution in [2.75, 3.05) is 0 Å². The van der Waals surface area contributed by atoms with Crippen molar-refractivity contribution in [2.45, 2.75) is 26.0 Å². The van der Waals surface area contributed by atoms with Crippen LogP contribution >= 0.6 is 15.9 Å². The Bertz CT molecular complexity index is 607. The first-order valence-electron chi connectivity index (χ1n) is 5.99.